The molecule has 210 valence electrons. The smallest absolute Gasteiger partial charge is 0.255 e. The minimum atomic E-state index is -0.306. The van der Waals surface area contributed by atoms with E-state index in [1.165, 1.54) is 0 Å². The van der Waals surface area contributed by atoms with E-state index in [0.29, 0.717) is 47.2 Å². The quantitative estimate of drug-likeness (QED) is 0.256. The molecular formula is C34H40N2O4. The molecule has 0 fully saturated rings. The van der Waals surface area contributed by atoms with Crippen molar-refractivity contribution in [1.29, 1.82) is 0 Å². The van der Waals surface area contributed by atoms with Crippen LogP contribution in [-0.2, 0) is 10.8 Å². The number of carbonyl (C=O) groups is 2. The highest BCUT2D eigenvalue weighted by Gasteiger charge is 2.20. The molecule has 0 aromatic heterocycles. The van der Waals surface area contributed by atoms with E-state index in [0.717, 1.165) is 11.1 Å². The van der Waals surface area contributed by atoms with Gasteiger partial charge in [0.2, 0.25) is 0 Å². The summed E-state index contributed by atoms with van der Waals surface area (Å²) in [5.41, 5.74) is 3.90. The van der Waals surface area contributed by atoms with Crippen LogP contribution in [0.3, 0.4) is 0 Å². The molecule has 0 heterocycles. The number of hydrogen-bond acceptors (Lipinski definition) is 4. The number of hydrogen-bond donors (Lipinski definition) is 2. The van der Waals surface area contributed by atoms with Crippen molar-refractivity contribution in [2.45, 2.75) is 52.4 Å². The van der Waals surface area contributed by atoms with E-state index in [4.69, 9.17) is 9.47 Å². The largest absolute Gasteiger partial charge is 0.487 e. The van der Waals surface area contributed by atoms with E-state index in [1.807, 2.05) is 36.4 Å². The number of carbonyl (C=O) groups excluding carboxylic acids is 2. The zero-order chi connectivity index (χ0) is 29.5. The van der Waals surface area contributed by atoms with Gasteiger partial charge < -0.3 is 20.1 Å². The number of benzene rings is 3. The molecule has 2 amide bonds. The van der Waals surface area contributed by atoms with Crippen LogP contribution in [0.25, 0.3) is 0 Å². The van der Waals surface area contributed by atoms with Crippen molar-refractivity contribution in [2.24, 2.45) is 0 Å². The van der Waals surface area contributed by atoms with Crippen LogP contribution in [0.5, 0.6) is 11.5 Å². The molecule has 6 nitrogen and oxygen atoms in total. The number of ether oxygens (including phenoxy) is 2. The van der Waals surface area contributed by atoms with Gasteiger partial charge in [0, 0.05) is 11.1 Å². The molecule has 0 saturated carbocycles. The summed E-state index contributed by atoms with van der Waals surface area (Å²) in [5, 5.41) is 5.92. The lowest BCUT2D eigenvalue weighted by atomic mass is 9.86. The molecule has 6 heteroatoms. The molecule has 3 rings (SSSR count). The Labute approximate surface area is 238 Å². The van der Waals surface area contributed by atoms with Gasteiger partial charge in [-0.05, 0) is 70.5 Å². The zero-order valence-electron chi connectivity index (χ0n) is 24.4. The van der Waals surface area contributed by atoms with Gasteiger partial charge in [0.05, 0.1) is 11.4 Å². The van der Waals surface area contributed by atoms with E-state index in [2.05, 4.69) is 65.3 Å². The standard InChI is InChI=1S/C34H40N2O4/c1-9-19-39-29-17-15-25(33(3,4)5)21-27(29)35-31(37)23-11-13-24(14-12-23)32(38)36-28-22-26(34(6,7)8)16-18-30(28)40-20-10-2/h9-18,21-22H,1-2,19-20H2,3-8H3,(H,35,37)(H,36,38). The predicted octanol–water partition coefficient (Wildman–Crippen LogP) is 7.92. The van der Waals surface area contributed by atoms with Crippen molar-refractivity contribution in [3.05, 3.63) is 108 Å². The molecule has 0 saturated heterocycles. The molecular weight excluding hydrogens is 500 g/mol. The minimum absolute atomic E-state index is 0.103. The van der Waals surface area contributed by atoms with Crippen LogP contribution < -0.4 is 20.1 Å². The summed E-state index contributed by atoms with van der Waals surface area (Å²) < 4.78 is 11.5. The monoisotopic (exact) mass is 540 g/mol. The van der Waals surface area contributed by atoms with Crippen LogP contribution in [0, 0.1) is 0 Å². The van der Waals surface area contributed by atoms with E-state index in [9.17, 15) is 9.59 Å². The van der Waals surface area contributed by atoms with E-state index >= 15 is 0 Å². The number of anilines is 2. The van der Waals surface area contributed by atoms with Crippen LogP contribution in [0.15, 0.2) is 86.0 Å². The normalized spacial score (nSPS) is 11.3. The van der Waals surface area contributed by atoms with Crippen LogP contribution >= 0.6 is 0 Å². The van der Waals surface area contributed by atoms with Gasteiger partial charge in [0.25, 0.3) is 11.8 Å². The molecule has 3 aromatic carbocycles. The van der Waals surface area contributed by atoms with Gasteiger partial charge in [0.1, 0.15) is 24.7 Å². The Morgan fingerprint density at radius 3 is 1.30 bits per heavy atom. The van der Waals surface area contributed by atoms with Crippen molar-refractivity contribution in [1.82, 2.24) is 0 Å². The Morgan fingerprint density at radius 1 is 0.650 bits per heavy atom. The Morgan fingerprint density at radius 2 is 1.00 bits per heavy atom. The second-order valence-corrected chi connectivity index (χ2v) is 11.6. The molecule has 0 aliphatic carbocycles. The SMILES string of the molecule is C=CCOc1ccc(C(C)(C)C)cc1NC(=O)c1ccc(C(=O)Nc2cc(C(C)(C)C)ccc2OCC=C)cc1. The van der Waals surface area contributed by atoms with E-state index in [1.54, 1.807) is 36.4 Å². The molecule has 2 N–H and O–H groups in total. The first-order chi connectivity index (χ1) is 18.8. The third-order valence-electron chi connectivity index (χ3n) is 6.31. The maximum atomic E-state index is 13.1. The minimum Gasteiger partial charge on any atom is -0.487 e. The van der Waals surface area contributed by atoms with Gasteiger partial charge in [0.15, 0.2) is 0 Å². The predicted molar refractivity (Wildman–Crippen MR) is 164 cm³/mol. The first-order valence-corrected chi connectivity index (χ1v) is 13.3. The maximum Gasteiger partial charge on any atom is 0.255 e. The highest BCUT2D eigenvalue weighted by molar-refractivity contribution is 6.08. The molecule has 0 radical (unpaired) electrons. The zero-order valence-corrected chi connectivity index (χ0v) is 24.4. The highest BCUT2D eigenvalue weighted by Crippen LogP contribution is 2.33. The third kappa shape index (κ3) is 7.85. The summed E-state index contributed by atoms with van der Waals surface area (Å²) in [5.74, 6) is 0.507. The molecule has 0 unspecified atom stereocenters. The molecule has 40 heavy (non-hydrogen) atoms. The summed E-state index contributed by atoms with van der Waals surface area (Å²) in [6.07, 6.45) is 3.31. The number of amides is 2. The Hall–Kier alpha value is -4.32. The molecule has 3 aromatic rings. The average molecular weight is 541 g/mol. The van der Waals surface area contributed by atoms with Crippen molar-refractivity contribution >= 4 is 23.2 Å². The van der Waals surface area contributed by atoms with E-state index < -0.39 is 0 Å². The van der Waals surface area contributed by atoms with Crippen molar-refractivity contribution < 1.29 is 19.1 Å². The van der Waals surface area contributed by atoms with E-state index in [-0.39, 0.29) is 22.6 Å². The van der Waals surface area contributed by atoms with Crippen molar-refractivity contribution in [3.8, 4) is 11.5 Å². The van der Waals surface area contributed by atoms with Gasteiger partial charge in [-0.2, -0.15) is 0 Å². The van der Waals surface area contributed by atoms with Crippen LogP contribution in [-0.4, -0.2) is 25.0 Å². The molecule has 0 spiro atoms. The van der Waals surface area contributed by atoms with Crippen LogP contribution in [0.4, 0.5) is 11.4 Å². The van der Waals surface area contributed by atoms with Gasteiger partial charge in [-0.3, -0.25) is 9.59 Å². The lowest BCUT2D eigenvalue weighted by Gasteiger charge is -2.22. The fourth-order valence-corrected chi connectivity index (χ4v) is 3.90. The van der Waals surface area contributed by atoms with Gasteiger partial charge >= 0.3 is 0 Å². The second-order valence-electron chi connectivity index (χ2n) is 11.6. The number of rotatable bonds is 10. The summed E-state index contributed by atoms with van der Waals surface area (Å²) in [6, 6.07) is 18.1. The number of nitrogens with one attached hydrogen (secondary N) is 2. The van der Waals surface area contributed by atoms with Gasteiger partial charge in [-0.1, -0.05) is 79.0 Å². The highest BCUT2D eigenvalue weighted by atomic mass is 16.5. The summed E-state index contributed by atoms with van der Waals surface area (Å²) in [7, 11) is 0. The summed E-state index contributed by atoms with van der Waals surface area (Å²) in [4.78, 5) is 26.3. The third-order valence-corrected chi connectivity index (χ3v) is 6.31. The maximum absolute atomic E-state index is 13.1. The molecule has 0 bridgehead atoms. The first-order valence-electron chi connectivity index (χ1n) is 13.3. The first kappa shape index (κ1) is 30.2. The van der Waals surface area contributed by atoms with Gasteiger partial charge in [-0.25, -0.2) is 0 Å². The molecule has 0 aliphatic rings. The molecule has 0 atom stereocenters. The Balaban J connectivity index is 1.80. The van der Waals surface area contributed by atoms with Crippen molar-refractivity contribution in [2.75, 3.05) is 23.8 Å². The van der Waals surface area contributed by atoms with Crippen LogP contribution in [0.1, 0.15) is 73.4 Å². The average Bonchev–Trinajstić information content (AvgIpc) is 2.90. The van der Waals surface area contributed by atoms with Crippen LogP contribution in [0.2, 0.25) is 0 Å². The topological polar surface area (TPSA) is 76.7 Å². The lowest BCUT2D eigenvalue weighted by molar-refractivity contribution is 0.101. The fourth-order valence-electron chi connectivity index (χ4n) is 3.90. The Bertz CT molecular complexity index is 1270. The Kier molecular flexibility index (Phi) is 9.59. The fraction of sp³-hybridized carbons (Fsp3) is 0.294. The lowest BCUT2D eigenvalue weighted by Crippen LogP contribution is -2.17. The molecule has 0 aliphatic heterocycles. The summed E-state index contributed by atoms with van der Waals surface area (Å²) >= 11 is 0. The van der Waals surface area contributed by atoms with Crippen molar-refractivity contribution in [3.63, 3.8) is 0 Å². The van der Waals surface area contributed by atoms with Gasteiger partial charge in [-0.15, -0.1) is 0 Å². The second kappa shape index (κ2) is 12.7. The summed E-state index contributed by atoms with van der Waals surface area (Å²) in [6.45, 7) is 20.7.